The fourth-order valence-corrected chi connectivity index (χ4v) is 4.65. The normalized spacial score (nSPS) is 11.1. The molecular formula is C21H23N5O4S2. The second kappa shape index (κ2) is 10.3. The molecule has 0 bridgehead atoms. The first-order valence-corrected chi connectivity index (χ1v) is 12.2. The number of hydrogen-bond acceptors (Lipinski definition) is 7. The van der Waals surface area contributed by atoms with Gasteiger partial charge in [-0.25, -0.2) is 0 Å². The smallest absolute Gasteiger partial charge is 0.291 e. The molecule has 2 amide bonds. The van der Waals surface area contributed by atoms with E-state index in [9.17, 15) is 18.0 Å². The number of sulfonamides is 1. The summed E-state index contributed by atoms with van der Waals surface area (Å²) >= 11 is 0.711. The van der Waals surface area contributed by atoms with Gasteiger partial charge in [0, 0.05) is 12.1 Å². The van der Waals surface area contributed by atoms with Gasteiger partial charge in [0.05, 0.1) is 11.3 Å². The predicted molar refractivity (Wildman–Crippen MR) is 124 cm³/mol. The molecule has 0 unspecified atom stereocenters. The maximum Gasteiger partial charge on any atom is 0.291 e. The number of carbonyl (C=O) groups is 2. The molecule has 0 aliphatic carbocycles. The fraction of sp³-hybridized carbons (Fsp3) is 0.238. The number of anilines is 2. The van der Waals surface area contributed by atoms with Gasteiger partial charge in [-0.3, -0.25) is 19.6 Å². The number of amides is 2. The molecule has 0 fully saturated rings. The number of aromatic nitrogens is 2. The lowest BCUT2D eigenvalue weighted by molar-refractivity contribution is 0.0953. The Morgan fingerprint density at radius 2 is 1.72 bits per heavy atom. The highest BCUT2D eigenvalue weighted by Crippen LogP contribution is 2.25. The summed E-state index contributed by atoms with van der Waals surface area (Å²) in [6.07, 6.45) is 1.75. The van der Waals surface area contributed by atoms with Crippen molar-refractivity contribution in [2.75, 3.05) is 16.6 Å². The zero-order valence-corrected chi connectivity index (χ0v) is 19.2. The number of carbonyl (C=O) groups excluding carboxylic acids is 2. The fourth-order valence-electron chi connectivity index (χ4n) is 2.68. The molecule has 168 valence electrons. The summed E-state index contributed by atoms with van der Waals surface area (Å²) in [4.78, 5) is 24.7. The molecule has 32 heavy (non-hydrogen) atoms. The number of rotatable bonds is 9. The number of nitrogens with one attached hydrogen (secondary N) is 3. The Bertz CT molecular complexity index is 1210. The van der Waals surface area contributed by atoms with Crippen LogP contribution in [0.3, 0.4) is 0 Å². The van der Waals surface area contributed by atoms with Crippen LogP contribution >= 0.6 is 11.3 Å². The van der Waals surface area contributed by atoms with Gasteiger partial charge in [0.15, 0.2) is 0 Å². The Morgan fingerprint density at radius 3 is 2.44 bits per heavy atom. The quantitative estimate of drug-likeness (QED) is 0.322. The summed E-state index contributed by atoms with van der Waals surface area (Å²) < 4.78 is 27.6. The van der Waals surface area contributed by atoms with Crippen molar-refractivity contribution < 1.29 is 18.0 Å². The number of para-hydroxylation sites is 1. The van der Waals surface area contributed by atoms with Crippen LogP contribution in [0.2, 0.25) is 0 Å². The maximum atomic E-state index is 12.8. The van der Waals surface area contributed by atoms with E-state index >= 15 is 0 Å². The van der Waals surface area contributed by atoms with Crippen molar-refractivity contribution in [3.05, 3.63) is 65.2 Å². The molecule has 0 saturated heterocycles. The van der Waals surface area contributed by atoms with E-state index < -0.39 is 15.9 Å². The minimum absolute atomic E-state index is 0.0431. The summed E-state index contributed by atoms with van der Waals surface area (Å²) in [5, 5.41) is 12.8. The van der Waals surface area contributed by atoms with Gasteiger partial charge < -0.3 is 5.32 Å². The Morgan fingerprint density at radius 1 is 1.00 bits per heavy atom. The van der Waals surface area contributed by atoms with Gasteiger partial charge in [0.25, 0.3) is 26.2 Å². The summed E-state index contributed by atoms with van der Waals surface area (Å²) in [6, 6.07) is 13.2. The molecule has 0 aliphatic heterocycles. The van der Waals surface area contributed by atoms with Gasteiger partial charge in [-0.05, 0) is 37.6 Å². The van der Waals surface area contributed by atoms with E-state index in [1.165, 1.54) is 12.1 Å². The Labute approximate surface area is 190 Å². The highest BCUT2D eigenvalue weighted by Gasteiger charge is 2.23. The van der Waals surface area contributed by atoms with E-state index in [1.54, 1.807) is 36.4 Å². The van der Waals surface area contributed by atoms with Crippen LogP contribution in [0.1, 0.15) is 46.0 Å². The van der Waals surface area contributed by atoms with Crippen molar-refractivity contribution in [1.82, 2.24) is 15.5 Å². The van der Waals surface area contributed by atoms with Crippen molar-refractivity contribution in [2.45, 2.75) is 31.0 Å². The van der Waals surface area contributed by atoms with Crippen LogP contribution < -0.4 is 15.4 Å². The largest absolute Gasteiger partial charge is 0.352 e. The van der Waals surface area contributed by atoms with Crippen molar-refractivity contribution in [3.8, 4) is 0 Å². The van der Waals surface area contributed by atoms with Crippen molar-refractivity contribution in [2.24, 2.45) is 0 Å². The molecule has 3 rings (SSSR count). The van der Waals surface area contributed by atoms with Crippen molar-refractivity contribution in [1.29, 1.82) is 0 Å². The average molecular weight is 474 g/mol. The van der Waals surface area contributed by atoms with Crippen LogP contribution in [0.5, 0.6) is 0 Å². The summed E-state index contributed by atoms with van der Waals surface area (Å²) in [5.74, 6) is -0.799. The second-order valence-electron chi connectivity index (χ2n) is 6.95. The van der Waals surface area contributed by atoms with Crippen molar-refractivity contribution in [3.63, 3.8) is 0 Å². The van der Waals surface area contributed by atoms with Gasteiger partial charge in [-0.15, -0.1) is 10.2 Å². The summed E-state index contributed by atoms with van der Waals surface area (Å²) in [6.45, 7) is 4.41. The molecule has 11 heteroatoms. The van der Waals surface area contributed by atoms with E-state index in [1.807, 2.05) is 13.8 Å². The maximum absolute atomic E-state index is 12.8. The predicted octanol–water partition coefficient (Wildman–Crippen LogP) is 3.43. The zero-order chi connectivity index (χ0) is 23.1. The van der Waals surface area contributed by atoms with E-state index in [0.717, 1.165) is 18.4 Å². The third kappa shape index (κ3) is 5.89. The van der Waals surface area contributed by atoms with Gasteiger partial charge in [-0.1, -0.05) is 54.5 Å². The minimum atomic E-state index is -4.12. The molecule has 0 spiro atoms. The lowest BCUT2D eigenvalue weighted by atomic mass is 10.1. The second-order valence-corrected chi connectivity index (χ2v) is 9.79. The average Bonchev–Trinajstić information content (AvgIpc) is 3.24. The molecule has 3 aromatic rings. The third-order valence-corrected chi connectivity index (χ3v) is 6.97. The van der Waals surface area contributed by atoms with Gasteiger partial charge in [0.1, 0.15) is 0 Å². The molecule has 1 aromatic heterocycles. The van der Waals surface area contributed by atoms with Gasteiger partial charge in [-0.2, -0.15) is 8.42 Å². The molecule has 3 N–H and O–H groups in total. The van der Waals surface area contributed by atoms with Crippen LogP contribution in [0.15, 0.2) is 52.9 Å². The third-order valence-electron chi connectivity index (χ3n) is 4.40. The molecular weight excluding hydrogens is 450 g/mol. The Hall–Kier alpha value is -3.31. The van der Waals surface area contributed by atoms with E-state index in [4.69, 9.17) is 0 Å². The number of nitrogens with zero attached hydrogens (tertiary/aromatic N) is 2. The first kappa shape index (κ1) is 23.4. The van der Waals surface area contributed by atoms with E-state index in [-0.39, 0.29) is 26.6 Å². The molecule has 2 aromatic carbocycles. The zero-order valence-electron chi connectivity index (χ0n) is 17.6. The lowest BCUT2D eigenvalue weighted by Gasteiger charge is -2.11. The number of hydrogen-bond donors (Lipinski definition) is 3. The molecule has 0 saturated carbocycles. The molecule has 0 atom stereocenters. The number of unbranched alkanes of at least 4 members (excludes halogenated alkanes) is 1. The first-order chi connectivity index (χ1) is 15.3. The highest BCUT2D eigenvalue weighted by atomic mass is 32.2. The van der Waals surface area contributed by atoms with Crippen molar-refractivity contribution >= 4 is 44.0 Å². The highest BCUT2D eigenvalue weighted by molar-refractivity contribution is 7.94. The summed E-state index contributed by atoms with van der Waals surface area (Å²) in [5.41, 5.74) is 1.75. The van der Waals surface area contributed by atoms with Crippen LogP contribution in [0.25, 0.3) is 0 Å². The number of aryl methyl sites for hydroxylation is 1. The molecule has 0 aliphatic rings. The standard InChI is InChI=1S/C21H23N5O4S2/c1-3-4-13-22-19(28)16-7-5-6-8-17(16)26-32(29,30)21-25-24-20(31-21)23-18(27)15-11-9-14(2)10-12-15/h5-12,26H,3-4,13H2,1-2H3,(H,22,28)(H,23,24,27). The number of benzene rings is 2. The van der Waals surface area contributed by atoms with Crippen LogP contribution in [0.4, 0.5) is 10.8 Å². The summed E-state index contributed by atoms with van der Waals surface area (Å²) in [7, 11) is -4.12. The van der Waals surface area contributed by atoms with E-state index in [0.29, 0.717) is 23.4 Å². The van der Waals surface area contributed by atoms with Crippen LogP contribution in [0, 0.1) is 6.92 Å². The van der Waals surface area contributed by atoms with Gasteiger partial charge >= 0.3 is 0 Å². The topological polar surface area (TPSA) is 130 Å². The monoisotopic (exact) mass is 473 g/mol. The van der Waals surface area contributed by atoms with E-state index in [2.05, 4.69) is 25.6 Å². The lowest BCUT2D eigenvalue weighted by Crippen LogP contribution is -2.26. The first-order valence-electron chi connectivity index (χ1n) is 9.91. The Kier molecular flexibility index (Phi) is 7.54. The Balaban J connectivity index is 1.73. The van der Waals surface area contributed by atoms with Crippen LogP contribution in [-0.2, 0) is 10.0 Å². The molecule has 9 nitrogen and oxygen atoms in total. The SMILES string of the molecule is CCCCNC(=O)c1ccccc1NS(=O)(=O)c1nnc(NC(=O)c2ccc(C)cc2)s1. The molecule has 0 radical (unpaired) electrons. The minimum Gasteiger partial charge on any atom is -0.352 e. The molecule has 1 heterocycles. The van der Waals surface area contributed by atoms with Gasteiger partial charge in [0.2, 0.25) is 5.13 Å². The van der Waals surface area contributed by atoms with Crippen LogP contribution in [-0.4, -0.2) is 37.0 Å².